The molecule has 0 spiro atoms. The van der Waals surface area contributed by atoms with Gasteiger partial charge < -0.3 is 9.84 Å². The van der Waals surface area contributed by atoms with E-state index in [1.54, 1.807) is 6.92 Å². The molecule has 1 N–H and O–H groups in total. The molecule has 0 fully saturated rings. The van der Waals surface area contributed by atoms with E-state index >= 15 is 0 Å². The van der Waals surface area contributed by atoms with Gasteiger partial charge >= 0.3 is 11.9 Å². The van der Waals surface area contributed by atoms with Gasteiger partial charge in [0.25, 0.3) is 5.56 Å². The summed E-state index contributed by atoms with van der Waals surface area (Å²) in [7, 11) is 1.32. The summed E-state index contributed by atoms with van der Waals surface area (Å²) < 4.78 is 6.18. The van der Waals surface area contributed by atoms with E-state index in [1.165, 1.54) is 11.7 Å². The lowest BCUT2D eigenvalue weighted by Crippen LogP contribution is -2.24. The van der Waals surface area contributed by atoms with Crippen molar-refractivity contribution in [1.82, 2.24) is 9.55 Å². The Kier molecular flexibility index (Phi) is 5.60. The van der Waals surface area contributed by atoms with Crippen molar-refractivity contribution < 1.29 is 19.4 Å². The van der Waals surface area contributed by atoms with Gasteiger partial charge in [-0.2, -0.15) is 0 Å². The van der Waals surface area contributed by atoms with Crippen LogP contribution in [0.2, 0.25) is 0 Å². The zero-order valence-electron chi connectivity index (χ0n) is 15.8. The van der Waals surface area contributed by atoms with Crippen LogP contribution in [0.3, 0.4) is 0 Å². The number of nitrogens with zero attached hydrogens (tertiary/aromatic N) is 2. The second kappa shape index (κ2) is 7.93. The second-order valence-electron chi connectivity index (χ2n) is 6.48. The predicted octanol–water partition coefficient (Wildman–Crippen LogP) is 3.39. The fourth-order valence-corrected chi connectivity index (χ4v) is 4.13. The van der Waals surface area contributed by atoms with E-state index in [1.807, 2.05) is 31.2 Å². The highest BCUT2D eigenvalue weighted by atomic mass is 32.1. The first kappa shape index (κ1) is 19.8. The Morgan fingerprint density at radius 3 is 2.68 bits per heavy atom. The molecule has 0 saturated heterocycles. The van der Waals surface area contributed by atoms with Crippen LogP contribution in [-0.2, 0) is 16.1 Å². The first-order valence-electron chi connectivity index (χ1n) is 8.74. The number of carboxylic acids is 1. The molecule has 0 atom stereocenters. The van der Waals surface area contributed by atoms with Gasteiger partial charge in [-0.15, -0.1) is 11.3 Å². The van der Waals surface area contributed by atoms with Gasteiger partial charge in [-0.25, -0.2) is 9.78 Å². The maximum atomic E-state index is 13.2. The topological polar surface area (TPSA) is 98.5 Å². The van der Waals surface area contributed by atoms with Gasteiger partial charge in [-0.1, -0.05) is 23.8 Å². The zero-order chi connectivity index (χ0) is 20.4. The average molecular weight is 400 g/mol. The largest absolute Gasteiger partial charge is 0.477 e. The molecule has 28 heavy (non-hydrogen) atoms. The molecule has 1 aromatic carbocycles. The lowest BCUT2D eigenvalue weighted by molar-refractivity contribution is -0.140. The van der Waals surface area contributed by atoms with Crippen molar-refractivity contribution in [2.75, 3.05) is 7.11 Å². The maximum absolute atomic E-state index is 13.2. The fourth-order valence-electron chi connectivity index (χ4n) is 3.12. The fraction of sp³-hybridized carbons (Fsp3) is 0.300. The van der Waals surface area contributed by atoms with Gasteiger partial charge in [0.05, 0.1) is 12.5 Å². The number of rotatable bonds is 6. The summed E-state index contributed by atoms with van der Waals surface area (Å²) in [5.74, 6) is -0.961. The first-order valence-corrected chi connectivity index (χ1v) is 9.56. The molecule has 0 aliphatic carbocycles. The number of hydrogen-bond donors (Lipinski definition) is 1. The first-order chi connectivity index (χ1) is 13.3. The highest BCUT2D eigenvalue weighted by molar-refractivity contribution is 7.20. The van der Waals surface area contributed by atoms with Crippen molar-refractivity contribution in [2.45, 2.75) is 33.2 Å². The van der Waals surface area contributed by atoms with Crippen molar-refractivity contribution in [3.63, 3.8) is 0 Å². The predicted molar refractivity (Wildman–Crippen MR) is 107 cm³/mol. The van der Waals surface area contributed by atoms with E-state index in [9.17, 15) is 19.5 Å². The Morgan fingerprint density at radius 2 is 2.04 bits per heavy atom. The number of aryl methyl sites for hydroxylation is 2. The molecule has 0 radical (unpaired) electrons. The van der Waals surface area contributed by atoms with Crippen molar-refractivity contribution in [1.29, 1.82) is 0 Å². The third-order valence-electron chi connectivity index (χ3n) is 4.51. The molecule has 0 saturated carbocycles. The number of aromatic carboxylic acids is 1. The van der Waals surface area contributed by atoms with E-state index in [0.717, 1.165) is 22.5 Å². The lowest BCUT2D eigenvalue weighted by Gasteiger charge is -2.13. The van der Waals surface area contributed by atoms with Crippen molar-refractivity contribution >= 4 is 33.5 Å². The quantitative estimate of drug-likeness (QED) is 0.637. The van der Waals surface area contributed by atoms with Crippen LogP contribution in [-0.4, -0.2) is 33.7 Å². The minimum absolute atomic E-state index is 0.113. The van der Waals surface area contributed by atoms with Gasteiger partial charge in [0, 0.05) is 18.5 Å². The van der Waals surface area contributed by atoms with Crippen molar-refractivity contribution in [3.05, 3.63) is 50.6 Å². The SMILES string of the molecule is COC(=O)CCCn1c(-c2cccc(C)c2)nc2sc(C(=O)O)c(C)c2c1=O. The van der Waals surface area contributed by atoms with Crippen LogP contribution in [0.4, 0.5) is 0 Å². The van der Waals surface area contributed by atoms with Gasteiger partial charge in [0.15, 0.2) is 0 Å². The molecule has 0 aliphatic rings. The lowest BCUT2D eigenvalue weighted by atomic mass is 10.1. The normalized spacial score (nSPS) is 11.0. The molecular formula is C20H20N2O5S. The van der Waals surface area contributed by atoms with Crippen LogP contribution in [0, 0.1) is 13.8 Å². The highest BCUT2D eigenvalue weighted by Crippen LogP contribution is 2.29. The summed E-state index contributed by atoms with van der Waals surface area (Å²) in [4.78, 5) is 41.3. The van der Waals surface area contributed by atoms with Crippen molar-refractivity contribution in [3.8, 4) is 11.4 Å². The number of benzene rings is 1. The Labute approximate surface area is 165 Å². The molecule has 8 heteroatoms. The number of hydrogen-bond acceptors (Lipinski definition) is 6. The monoisotopic (exact) mass is 400 g/mol. The van der Waals surface area contributed by atoms with Gasteiger partial charge in [0.1, 0.15) is 15.5 Å². The van der Waals surface area contributed by atoms with Crippen LogP contribution < -0.4 is 5.56 Å². The molecule has 3 aromatic rings. The standard InChI is InChI=1S/C20H20N2O5S/c1-11-6-4-7-13(10-11)17-21-18-15(12(2)16(28-18)20(25)26)19(24)22(17)9-5-8-14(23)27-3/h4,6-7,10H,5,8-9H2,1-3H3,(H,25,26). The van der Waals surface area contributed by atoms with E-state index < -0.39 is 5.97 Å². The number of carbonyl (C=O) groups excluding carboxylic acids is 1. The summed E-state index contributed by atoms with van der Waals surface area (Å²) in [6.07, 6.45) is 0.588. The molecular weight excluding hydrogens is 380 g/mol. The Balaban J connectivity index is 2.20. The summed E-state index contributed by atoms with van der Waals surface area (Å²) in [6.45, 7) is 3.84. The molecule has 2 aromatic heterocycles. The molecule has 0 aliphatic heterocycles. The smallest absolute Gasteiger partial charge is 0.346 e. The second-order valence-corrected chi connectivity index (χ2v) is 7.48. The molecule has 0 bridgehead atoms. The molecule has 2 heterocycles. The summed E-state index contributed by atoms with van der Waals surface area (Å²) in [6, 6.07) is 7.60. The summed E-state index contributed by atoms with van der Waals surface area (Å²) in [5.41, 5.74) is 1.90. The van der Waals surface area contributed by atoms with E-state index in [0.29, 0.717) is 28.0 Å². The number of carboxylic acid groups (broad SMARTS) is 1. The van der Waals surface area contributed by atoms with E-state index in [-0.39, 0.29) is 29.4 Å². The maximum Gasteiger partial charge on any atom is 0.346 e. The molecule has 7 nitrogen and oxygen atoms in total. The number of carbonyl (C=O) groups is 2. The number of methoxy groups -OCH3 is 1. The Bertz CT molecular complexity index is 1130. The third kappa shape index (κ3) is 3.68. The minimum atomic E-state index is -1.07. The van der Waals surface area contributed by atoms with Crippen LogP contribution in [0.1, 0.15) is 33.6 Å². The Morgan fingerprint density at radius 1 is 1.29 bits per heavy atom. The van der Waals surface area contributed by atoms with Crippen LogP contribution in [0.25, 0.3) is 21.6 Å². The number of fused-ring (bicyclic) bond motifs is 1. The Hall–Kier alpha value is -3.00. The molecule has 0 amide bonds. The number of ether oxygens (including phenoxy) is 1. The van der Waals surface area contributed by atoms with Crippen LogP contribution >= 0.6 is 11.3 Å². The molecule has 0 unspecified atom stereocenters. The van der Waals surface area contributed by atoms with E-state index in [4.69, 9.17) is 0 Å². The number of thiophene rings is 1. The average Bonchev–Trinajstić information content (AvgIpc) is 3.00. The number of esters is 1. The van der Waals surface area contributed by atoms with Crippen LogP contribution in [0.15, 0.2) is 29.1 Å². The van der Waals surface area contributed by atoms with Crippen molar-refractivity contribution in [2.24, 2.45) is 0 Å². The molecule has 146 valence electrons. The molecule has 3 rings (SSSR count). The zero-order valence-corrected chi connectivity index (χ0v) is 16.6. The highest BCUT2D eigenvalue weighted by Gasteiger charge is 2.21. The van der Waals surface area contributed by atoms with Crippen LogP contribution in [0.5, 0.6) is 0 Å². The number of aromatic nitrogens is 2. The van der Waals surface area contributed by atoms with Gasteiger partial charge in [-0.05, 0) is 31.9 Å². The minimum Gasteiger partial charge on any atom is -0.477 e. The van der Waals surface area contributed by atoms with E-state index in [2.05, 4.69) is 9.72 Å². The van der Waals surface area contributed by atoms with Gasteiger partial charge in [-0.3, -0.25) is 14.2 Å². The van der Waals surface area contributed by atoms with Gasteiger partial charge in [0.2, 0.25) is 0 Å². The summed E-state index contributed by atoms with van der Waals surface area (Å²) in [5, 5.41) is 9.72. The third-order valence-corrected chi connectivity index (χ3v) is 5.68. The summed E-state index contributed by atoms with van der Waals surface area (Å²) >= 11 is 1.00.